The number of nitrogens with two attached hydrogens (primary N) is 1. The van der Waals surface area contributed by atoms with Gasteiger partial charge in [-0.05, 0) is 13.3 Å². The minimum atomic E-state index is -0.889. The van der Waals surface area contributed by atoms with Crippen molar-refractivity contribution in [3.05, 3.63) is 0 Å². The van der Waals surface area contributed by atoms with Crippen LogP contribution in [0.2, 0.25) is 0 Å². The normalized spacial score (nSPS) is 17.3. The molecule has 0 aliphatic heterocycles. The minimum Gasteiger partial charge on any atom is -0.390 e. The van der Waals surface area contributed by atoms with Crippen LogP contribution in [0, 0.1) is 10.8 Å². The summed E-state index contributed by atoms with van der Waals surface area (Å²) in [5.41, 5.74) is 3.23. The maximum Gasteiger partial charge on any atom is 0.223 e. The highest BCUT2D eigenvalue weighted by Crippen LogP contribution is 2.48. The van der Waals surface area contributed by atoms with Crippen molar-refractivity contribution in [2.45, 2.75) is 60.0 Å². The molecule has 0 aliphatic carbocycles. The highest BCUT2D eigenvalue weighted by molar-refractivity contribution is 5.81. The van der Waals surface area contributed by atoms with Gasteiger partial charge in [0.2, 0.25) is 5.91 Å². The van der Waals surface area contributed by atoms with Gasteiger partial charge in [-0.25, -0.2) is 0 Å². The van der Waals surface area contributed by atoms with Crippen molar-refractivity contribution in [2.75, 3.05) is 0 Å². The highest BCUT2D eigenvalue weighted by Gasteiger charge is 2.52. The van der Waals surface area contributed by atoms with E-state index in [1.54, 1.807) is 20.8 Å². The van der Waals surface area contributed by atoms with Gasteiger partial charge in [0.15, 0.2) is 0 Å². The summed E-state index contributed by atoms with van der Waals surface area (Å²) >= 11 is 0. The van der Waals surface area contributed by atoms with Crippen molar-refractivity contribution < 1.29 is 9.90 Å². The summed E-state index contributed by atoms with van der Waals surface area (Å²) < 4.78 is 0. The smallest absolute Gasteiger partial charge is 0.223 e. The molecular weight excluding hydrogens is 190 g/mol. The number of hydrogen-bond acceptors (Lipinski definition) is 2. The quantitative estimate of drug-likeness (QED) is 0.737. The molecule has 1 atom stereocenters. The molecule has 0 saturated heterocycles. The Morgan fingerprint density at radius 1 is 1.20 bits per heavy atom. The number of rotatable bonds is 5. The zero-order chi connectivity index (χ0) is 12.5. The molecule has 0 aromatic heterocycles. The largest absolute Gasteiger partial charge is 0.390 e. The molecule has 0 bridgehead atoms. The lowest BCUT2D eigenvalue weighted by Crippen LogP contribution is -2.55. The van der Waals surface area contributed by atoms with Crippen molar-refractivity contribution in [1.82, 2.24) is 0 Å². The van der Waals surface area contributed by atoms with Crippen LogP contribution in [0.5, 0.6) is 0 Å². The van der Waals surface area contributed by atoms with Crippen LogP contribution in [-0.4, -0.2) is 16.6 Å². The van der Waals surface area contributed by atoms with Crippen LogP contribution in [0.3, 0.4) is 0 Å². The molecule has 0 fully saturated rings. The van der Waals surface area contributed by atoms with Gasteiger partial charge in [-0.2, -0.15) is 0 Å². The molecule has 0 spiro atoms. The van der Waals surface area contributed by atoms with E-state index in [2.05, 4.69) is 0 Å². The van der Waals surface area contributed by atoms with E-state index in [1.165, 1.54) is 0 Å². The fourth-order valence-corrected chi connectivity index (χ4v) is 1.78. The van der Waals surface area contributed by atoms with Gasteiger partial charge in [-0.3, -0.25) is 4.79 Å². The molecule has 0 heterocycles. The van der Waals surface area contributed by atoms with Crippen molar-refractivity contribution in [3.8, 4) is 0 Å². The highest BCUT2D eigenvalue weighted by atomic mass is 16.3. The Hall–Kier alpha value is -0.570. The van der Waals surface area contributed by atoms with E-state index in [0.717, 1.165) is 6.42 Å². The molecule has 1 unspecified atom stereocenters. The number of primary amides is 1. The Balaban J connectivity index is 5.20. The zero-order valence-corrected chi connectivity index (χ0v) is 10.8. The molecule has 0 aromatic rings. The molecule has 3 N–H and O–H groups in total. The molecule has 0 radical (unpaired) electrons. The van der Waals surface area contributed by atoms with Gasteiger partial charge in [-0.15, -0.1) is 0 Å². The summed E-state index contributed by atoms with van der Waals surface area (Å²) in [6.07, 6.45) is 1.54. The Bertz CT molecular complexity index is 242. The fraction of sp³-hybridized carbons (Fsp3) is 0.917. The second-order valence-electron chi connectivity index (χ2n) is 5.64. The third-order valence-electron chi connectivity index (χ3n) is 4.26. The van der Waals surface area contributed by atoms with E-state index in [0.29, 0.717) is 6.42 Å². The minimum absolute atomic E-state index is 0.371. The average molecular weight is 215 g/mol. The summed E-state index contributed by atoms with van der Waals surface area (Å²) in [7, 11) is 0. The van der Waals surface area contributed by atoms with Gasteiger partial charge >= 0.3 is 0 Å². The average Bonchev–Trinajstić information content (AvgIpc) is 2.02. The fourth-order valence-electron chi connectivity index (χ4n) is 1.78. The second-order valence-corrected chi connectivity index (χ2v) is 5.64. The van der Waals surface area contributed by atoms with Crippen LogP contribution in [-0.2, 0) is 4.79 Å². The van der Waals surface area contributed by atoms with E-state index in [9.17, 15) is 9.90 Å². The van der Waals surface area contributed by atoms with E-state index < -0.39 is 16.4 Å². The molecule has 1 amide bonds. The number of carbonyl (C=O) groups excluding carboxylic acids is 1. The first-order valence-electron chi connectivity index (χ1n) is 5.53. The van der Waals surface area contributed by atoms with E-state index in [-0.39, 0.29) is 5.91 Å². The molecule has 0 aromatic carbocycles. The van der Waals surface area contributed by atoms with Crippen molar-refractivity contribution in [2.24, 2.45) is 16.6 Å². The SMILES string of the molecule is CCCC(C)(O)C(C)(C)C(C)(C)C(N)=O. The summed E-state index contributed by atoms with van der Waals surface area (Å²) in [5.74, 6) is -0.371. The van der Waals surface area contributed by atoms with Crippen LogP contribution < -0.4 is 5.73 Å². The summed E-state index contributed by atoms with van der Waals surface area (Å²) in [6.45, 7) is 11.2. The number of carbonyl (C=O) groups is 1. The van der Waals surface area contributed by atoms with E-state index in [1.807, 2.05) is 20.8 Å². The number of aliphatic hydroxyl groups is 1. The van der Waals surface area contributed by atoms with E-state index >= 15 is 0 Å². The Morgan fingerprint density at radius 3 is 1.87 bits per heavy atom. The standard InChI is InChI=1S/C12H25NO2/c1-7-8-12(6,15)11(4,5)10(2,3)9(13)14/h15H,7-8H2,1-6H3,(H2,13,14). The zero-order valence-electron chi connectivity index (χ0n) is 10.8. The van der Waals surface area contributed by atoms with Gasteiger partial charge in [0.05, 0.1) is 11.0 Å². The predicted molar refractivity (Wildman–Crippen MR) is 62.3 cm³/mol. The van der Waals surface area contributed by atoms with Crippen LogP contribution in [0.1, 0.15) is 54.4 Å². The van der Waals surface area contributed by atoms with Crippen LogP contribution >= 0.6 is 0 Å². The maximum absolute atomic E-state index is 11.4. The lowest BCUT2D eigenvalue weighted by atomic mass is 9.58. The molecule has 0 saturated carbocycles. The van der Waals surface area contributed by atoms with Gasteiger partial charge in [-0.1, -0.05) is 41.0 Å². The third kappa shape index (κ3) is 2.33. The van der Waals surface area contributed by atoms with Crippen molar-refractivity contribution in [1.29, 1.82) is 0 Å². The van der Waals surface area contributed by atoms with Gasteiger partial charge in [0, 0.05) is 5.41 Å². The molecular formula is C12H25NO2. The third-order valence-corrected chi connectivity index (χ3v) is 4.26. The monoisotopic (exact) mass is 215 g/mol. The van der Waals surface area contributed by atoms with Gasteiger partial charge in [0.25, 0.3) is 0 Å². The lowest BCUT2D eigenvalue weighted by molar-refractivity contribution is -0.153. The first-order valence-corrected chi connectivity index (χ1v) is 5.53. The first-order chi connectivity index (χ1) is 6.50. The summed E-state index contributed by atoms with van der Waals surface area (Å²) in [6, 6.07) is 0. The molecule has 90 valence electrons. The summed E-state index contributed by atoms with van der Waals surface area (Å²) in [4.78, 5) is 11.4. The molecule has 15 heavy (non-hydrogen) atoms. The lowest BCUT2D eigenvalue weighted by Gasteiger charge is -2.49. The number of hydrogen-bond donors (Lipinski definition) is 2. The topological polar surface area (TPSA) is 63.3 Å². The molecule has 0 aliphatic rings. The Labute approximate surface area is 93.0 Å². The molecule has 0 rings (SSSR count). The number of amides is 1. The van der Waals surface area contributed by atoms with Crippen molar-refractivity contribution >= 4 is 5.91 Å². The van der Waals surface area contributed by atoms with E-state index in [4.69, 9.17) is 5.73 Å². The molecule has 3 nitrogen and oxygen atoms in total. The second kappa shape index (κ2) is 4.12. The van der Waals surface area contributed by atoms with Crippen LogP contribution in [0.25, 0.3) is 0 Å². The van der Waals surface area contributed by atoms with Gasteiger partial charge < -0.3 is 10.8 Å². The van der Waals surface area contributed by atoms with Crippen LogP contribution in [0.15, 0.2) is 0 Å². The van der Waals surface area contributed by atoms with Crippen LogP contribution in [0.4, 0.5) is 0 Å². The van der Waals surface area contributed by atoms with Crippen molar-refractivity contribution in [3.63, 3.8) is 0 Å². The van der Waals surface area contributed by atoms with Gasteiger partial charge in [0.1, 0.15) is 0 Å². The first kappa shape index (κ1) is 14.4. The Kier molecular flexibility index (Phi) is 3.97. The molecule has 3 heteroatoms. The summed E-state index contributed by atoms with van der Waals surface area (Å²) in [5, 5.41) is 10.4. The Morgan fingerprint density at radius 2 is 1.60 bits per heavy atom. The maximum atomic E-state index is 11.4. The predicted octanol–water partition coefficient (Wildman–Crippen LogP) is 2.08.